The molecule has 142 valence electrons. The molecule has 29 heavy (non-hydrogen) atoms. The molecule has 0 bridgehead atoms. The maximum atomic E-state index is 12.7. The highest BCUT2D eigenvalue weighted by Crippen LogP contribution is 2.21. The van der Waals surface area contributed by atoms with Crippen LogP contribution >= 0.6 is 0 Å². The molecule has 0 atom stereocenters. The largest absolute Gasteiger partial charge is 0.321 e. The number of nitrogens with zero attached hydrogens (tertiary/aromatic N) is 2. The minimum absolute atomic E-state index is 0.148. The molecule has 0 aliphatic rings. The molecular formula is C23H18N4O2. The minimum Gasteiger partial charge on any atom is -0.321 e. The Hall–Kier alpha value is -4.06. The fourth-order valence-corrected chi connectivity index (χ4v) is 3.00. The van der Waals surface area contributed by atoms with Gasteiger partial charge in [0.15, 0.2) is 0 Å². The van der Waals surface area contributed by atoms with Crippen molar-refractivity contribution in [3.05, 3.63) is 95.9 Å². The number of nitrogens with one attached hydrogen (secondary N) is 2. The second kappa shape index (κ2) is 7.90. The number of aryl methyl sites for hydroxylation is 1. The number of hydrogen-bond donors (Lipinski definition) is 2. The van der Waals surface area contributed by atoms with Crippen LogP contribution in [0.1, 0.15) is 26.5 Å². The molecule has 0 unspecified atom stereocenters. The first-order chi connectivity index (χ1) is 14.1. The van der Waals surface area contributed by atoms with Crippen molar-refractivity contribution in [1.82, 2.24) is 9.97 Å². The summed E-state index contributed by atoms with van der Waals surface area (Å²) < 4.78 is 0. The van der Waals surface area contributed by atoms with Crippen LogP contribution in [-0.2, 0) is 0 Å². The fraction of sp³-hybridized carbons (Fsp3) is 0.0435. The monoisotopic (exact) mass is 382 g/mol. The molecule has 2 aromatic carbocycles. The highest BCUT2D eigenvalue weighted by atomic mass is 16.2. The molecular weight excluding hydrogens is 364 g/mol. The van der Waals surface area contributed by atoms with E-state index in [1.54, 1.807) is 36.5 Å². The van der Waals surface area contributed by atoms with E-state index >= 15 is 0 Å². The lowest BCUT2D eigenvalue weighted by molar-refractivity contribution is 0.101. The number of carbonyl (C=O) groups excluding carboxylic acids is 2. The first kappa shape index (κ1) is 18.3. The number of carbonyl (C=O) groups is 2. The van der Waals surface area contributed by atoms with Crippen LogP contribution in [0.15, 0.2) is 79.0 Å². The van der Waals surface area contributed by atoms with Crippen molar-refractivity contribution in [2.24, 2.45) is 0 Å². The number of para-hydroxylation sites is 1. The Morgan fingerprint density at radius 1 is 0.793 bits per heavy atom. The van der Waals surface area contributed by atoms with Crippen LogP contribution in [-0.4, -0.2) is 21.8 Å². The van der Waals surface area contributed by atoms with Crippen LogP contribution in [0.4, 0.5) is 11.4 Å². The third kappa shape index (κ3) is 4.11. The molecule has 0 aliphatic heterocycles. The summed E-state index contributed by atoms with van der Waals surface area (Å²) in [5, 5.41) is 6.55. The number of anilines is 2. The van der Waals surface area contributed by atoms with E-state index in [4.69, 9.17) is 0 Å². The summed E-state index contributed by atoms with van der Waals surface area (Å²) in [6.45, 7) is 1.95. The van der Waals surface area contributed by atoms with Gasteiger partial charge in [-0.1, -0.05) is 36.4 Å². The van der Waals surface area contributed by atoms with Gasteiger partial charge in [-0.15, -0.1) is 0 Å². The third-order valence-electron chi connectivity index (χ3n) is 4.37. The Balaban J connectivity index is 1.55. The quantitative estimate of drug-likeness (QED) is 0.546. The number of rotatable bonds is 4. The first-order valence-corrected chi connectivity index (χ1v) is 9.10. The van der Waals surface area contributed by atoms with Crippen LogP contribution in [0, 0.1) is 6.92 Å². The van der Waals surface area contributed by atoms with E-state index in [1.807, 2.05) is 49.4 Å². The average molecular weight is 382 g/mol. The van der Waals surface area contributed by atoms with E-state index in [9.17, 15) is 9.59 Å². The predicted molar refractivity (Wildman–Crippen MR) is 113 cm³/mol. The average Bonchev–Trinajstić information content (AvgIpc) is 2.74. The SMILES string of the molecule is Cc1cccc(NC(=O)c2cccc(C(=O)Nc3cccc4cccnc34)n2)c1. The van der Waals surface area contributed by atoms with Gasteiger partial charge in [-0.3, -0.25) is 14.6 Å². The van der Waals surface area contributed by atoms with Gasteiger partial charge in [0.05, 0.1) is 11.2 Å². The Labute approximate surface area is 167 Å². The van der Waals surface area contributed by atoms with Crippen molar-refractivity contribution in [3.63, 3.8) is 0 Å². The van der Waals surface area contributed by atoms with Crippen molar-refractivity contribution in [1.29, 1.82) is 0 Å². The first-order valence-electron chi connectivity index (χ1n) is 9.10. The van der Waals surface area contributed by atoms with E-state index in [-0.39, 0.29) is 17.3 Å². The molecule has 4 rings (SSSR count). The molecule has 0 fully saturated rings. The lowest BCUT2D eigenvalue weighted by Crippen LogP contribution is -2.18. The van der Waals surface area contributed by atoms with Gasteiger partial charge in [-0.2, -0.15) is 0 Å². The molecule has 2 heterocycles. The normalized spacial score (nSPS) is 10.5. The molecule has 4 aromatic rings. The van der Waals surface area contributed by atoms with E-state index in [1.165, 1.54) is 0 Å². The van der Waals surface area contributed by atoms with Crippen molar-refractivity contribution >= 4 is 34.1 Å². The lowest BCUT2D eigenvalue weighted by Gasteiger charge is -2.09. The molecule has 2 aromatic heterocycles. The summed E-state index contributed by atoms with van der Waals surface area (Å²) in [4.78, 5) is 33.8. The standard InChI is InChI=1S/C23H18N4O2/c1-15-6-2-9-17(14-15)25-22(28)19-11-4-12-20(26-19)23(29)27-18-10-3-7-16-8-5-13-24-21(16)18/h2-14H,1H3,(H,25,28)(H,27,29). The van der Waals surface area contributed by atoms with Gasteiger partial charge in [0, 0.05) is 17.3 Å². The number of amides is 2. The molecule has 0 aliphatic carbocycles. The highest BCUT2D eigenvalue weighted by Gasteiger charge is 2.14. The lowest BCUT2D eigenvalue weighted by atomic mass is 10.2. The summed E-state index contributed by atoms with van der Waals surface area (Å²) in [5.74, 6) is -0.787. The smallest absolute Gasteiger partial charge is 0.274 e. The number of aromatic nitrogens is 2. The topological polar surface area (TPSA) is 84.0 Å². The zero-order valence-corrected chi connectivity index (χ0v) is 15.7. The third-order valence-corrected chi connectivity index (χ3v) is 4.37. The van der Waals surface area contributed by atoms with E-state index in [0.29, 0.717) is 16.9 Å². The molecule has 0 saturated carbocycles. The Kier molecular flexibility index (Phi) is 4.99. The molecule has 0 spiro atoms. The van der Waals surface area contributed by atoms with Crippen molar-refractivity contribution in [3.8, 4) is 0 Å². The summed E-state index contributed by atoms with van der Waals surface area (Å²) in [5.41, 5.74) is 3.30. The molecule has 2 amide bonds. The van der Waals surface area contributed by atoms with E-state index in [0.717, 1.165) is 10.9 Å². The molecule has 6 nitrogen and oxygen atoms in total. The number of hydrogen-bond acceptors (Lipinski definition) is 4. The predicted octanol–water partition coefficient (Wildman–Crippen LogP) is 4.44. The van der Waals surface area contributed by atoms with Crippen LogP contribution in [0.3, 0.4) is 0 Å². The van der Waals surface area contributed by atoms with Gasteiger partial charge < -0.3 is 10.6 Å². The van der Waals surface area contributed by atoms with Gasteiger partial charge in [-0.05, 0) is 48.9 Å². The van der Waals surface area contributed by atoms with Gasteiger partial charge >= 0.3 is 0 Å². The molecule has 6 heteroatoms. The van der Waals surface area contributed by atoms with Crippen LogP contribution in [0.5, 0.6) is 0 Å². The van der Waals surface area contributed by atoms with Crippen molar-refractivity contribution in [2.45, 2.75) is 6.92 Å². The summed E-state index contributed by atoms with van der Waals surface area (Å²) in [6.07, 6.45) is 1.67. The summed E-state index contributed by atoms with van der Waals surface area (Å²) >= 11 is 0. The fourth-order valence-electron chi connectivity index (χ4n) is 3.00. The van der Waals surface area contributed by atoms with Crippen molar-refractivity contribution in [2.75, 3.05) is 10.6 Å². The maximum Gasteiger partial charge on any atom is 0.274 e. The summed E-state index contributed by atoms with van der Waals surface area (Å²) in [6, 6.07) is 21.6. The Morgan fingerprint density at radius 2 is 1.48 bits per heavy atom. The van der Waals surface area contributed by atoms with Gasteiger partial charge in [0.1, 0.15) is 11.4 Å². The number of benzene rings is 2. The van der Waals surface area contributed by atoms with Gasteiger partial charge in [0.2, 0.25) is 0 Å². The molecule has 0 saturated heterocycles. The molecule has 0 radical (unpaired) electrons. The van der Waals surface area contributed by atoms with Crippen LogP contribution in [0.25, 0.3) is 10.9 Å². The van der Waals surface area contributed by atoms with E-state index in [2.05, 4.69) is 20.6 Å². The minimum atomic E-state index is -0.409. The van der Waals surface area contributed by atoms with Gasteiger partial charge in [0.25, 0.3) is 11.8 Å². The molecule has 2 N–H and O–H groups in total. The number of pyridine rings is 2. The van der Waals surface area contributed by atoms with Crippen LogP contribution < -0.4 is 10.6 Å². The van der Waals surface area contributed by atoms with E-state index < -0.39 is 5.91 Å². The second-order valence-electron chi connectivity index (χ2n) is 6.57. The van der Waals surface area contributed by atoms with Crippen molar-refractivity contribution < 1.29 is 9.59 Å². The number of fused-ring (bicyclic) bond motifs is 1. The second-order valence-corrected chi connectivity index (χ2v) is 6.57. The zero-order chi connectivity index (χ0) is 20.2. The highest BCUT2D eigenvalue weighted by molar-refractivity contribution is 6.08. The maximum absolute atomic E-state index is 12.7. The summed E-state index contributed by atoms with van der Waals surface area (Å²) in [7, 11) is 0. The van der Waals surface area contributed by atoms with Crippen LogP contribution in [0.2, 0.25) is 0 Å². The van der Waals surface area contributed by atoms with Gasteiger partial charge in [-0.25, -0.2) is 4.98 Å². The Bertz CT molecular complexity index is 1210. The Morgan fingerprint density at radius 3 is 2.28 bits per heavy atom. The zero-order valence-electron chi connectivity index (χ0n) is 15.7.